The van der Waals surface area contributed by atoms with Crippen LogP contribution in [0.4, 0.5) is 10.1 Å². The van der Waals surface area contributed by atoms with Crippen molar-refractivity contribution in [1.82, 2.24) is 4.90 Å². The molecule has 1 N–H and O–H groups in total. The fraction of sp³-hybridized carbons (Fsp3) is 0.294. The summed E-state index contributed by atoms with van der Waals surface area (Å²) in [5.41, 5.74) is 1.74. The van der Waals surface area contributed by atoms with Gasteiger partial charge in [-0.05, 0) is 45.0 Å². The molecule has 0 aliphatic carbocycles. The summed E-state index contributed by atoms with van der Waals surface area (Å²) in [6.07, 6.45) is 0. The van der Waals surface area contributed by atoms with Gasteiger partial charge in [0.05, 0.1) is 12.1 Å². The molecular formula is C17H19FN2O3. The van der Waals surface area contributed by atoms with E-state index >= 15 is 0 Å². The van der Waals surface area contributed by atoms with Crippen LogP contribution in [-0.2, 0) is 4.79 Å². The summed E-state index contributed by atoms with van der Waals surface area (Å²) in [5.74, 6) is 0.219. The molecule has 1 aromatic carbocycles. The molecule has 0 aliphatic rings. The highest BCUT2D eigenvalue weighted by Gasteiger charge is 2.23. The molecule has 0 atom stereocenters. The number of rotatable bonds is 4. The maximum atomic E-state index is 12.8. The SMILES string of the molecule is Cc1oc(C)c(C(=O)N(C)CC(=O)Nc2ccc(F)cc2)c1C. The molecule has 0 spiro atoms. The molecule has 1 heterocycles. The number of aryl methyl sites for hydroxylation is 2. The molecule has 23 heavy (non-hydrogen) atoms. The van der Waals surface area contributed by atoms with Crippen molar-refractivity contribution in [1.29, 1.82) is 0 Å². The maximum Gasteiger partial charge on any atom is 0.257 e. The van der Waals surface area contributed by atoms with Crippen molar-refractivity contribution in [3.63, 3.8) is 0 Å². The first kappa shape index (κ1) is 16.7. The minimum Gasteiger partial charge on any atom is -0.466 e. The van der Waals surface area contributed by atoms with Gasteiger partial charge in [-0.25, -0.2) is 4.39 Å². The number of benzene rings is 1. The third-order valence-electron chi connectivity index (χ3n) is 3.63. The zero-order valence-corrected chi connectivity index (χ0v) is 13.6. The third kappa shape index (κ3) is 3.77. The van der Waals surface area contributed by atoms with Crippen LogP contribution in [0.25, 0.3) is 0 Å². The molecular weight excluding hydrogens is 299 g/mol. The number of carbonyl (C=O) groups is 2. The zero-order valence-electron chi connectivity index (χ0n) is 13.6. The van der Waals surface area contributed by atoms with Crippen molar-refractivity contribution in [2.45, 2.75) is 20.8 Å². The number of hydrogen-bond acceptors (Lipinski definition) is 3. The Morgan fingerprint density at radius 2 is 1.74 bits per heavy atom. The van der Waals surface area contributed by atoms with Crippen molar-refractivity contribution in [3.05, 3.63) is 52.7 Å². The van der Waals surface area contributed by atoms with E-state index in [-0.39, 0.29) is 24.2 Å². The fourth-order valence-corrected chi connectivity index (χ4v) is 2.32. The van der Waals surface area contributed by atoms with Crippen molar-refractivity contribution >= 4 is 17.5 Å². The number of amides is 2. The molecule has 2 amide bonds. The van der Waals surface area contributed by atoms with Gasteiger partial charge in [-0.2, -0.15) is 0 Å². The summed E-state index contributed by atoms with van der Waals surface area (Å²) in [6, 6.07) is 5.43. The second-order valence-corrected chi connectivity index (χ2v) is 5.43. The summed E-state index contributed by atoms with van der Waals surface area (Å²) in [4.78, 5) is 25.8. The highest BCUT2D eigenvalue weighted by Crippen LogP contribution is 2.22. The molecule has 0 aliphatic heterocycles. The molecule has 0 radical (unpaired) electrons. The number of anilines is 1. The van der Waals surface area contributed by atoms with Gasteiger partial charge in [-0.15, -0.1) is 0 Å². The van der Waals surface area contributed by atoms with E-state index in [1.54, 1.807) is 20.9 Å². The Morgan fingerprint density at radius 1 is 1.13 bits per heavy atom. The lowest BCUT2D eigenvalue weighted by molar-refractivity contribution is -0.116. The molecule has 0 saturated carbocycles. The van der Waals surface area contributed by atoms with Gasteiger partial charge < -0.3 is 14.6 Å². The molecule has 5 nitrogen and oxygen atoms in total. The fourth-order valence-electron chi connectivity index (χ4n) is 2.32. The smallest absolute Gasteiger partial charge is 0.257 e. The maximum absolute atomic E-state index is 12.8. The third-order valence-corrected chi connectivity index (χ3v) is 3.63. The van der Waals surface area contributed by atoms with Gasteiger partial charge in [0, 0.05) is 18.3 Å². The number of halogens is 1. The van der Waals surface area contributed by atoms with Crippen molar-refractivity contribution in [2.24, 2.45) is 0 Å². The van der Waals surface area contributed by atoms with Crippen molar-refractivity contribution in [2.75, 3.05) is 18.9 Å². The molecule has 122 valence electrons. The van der Waals surface area contributed by atoms with E-state index in [4.69, 9.17) is 4.42 Å². The van der Waals surface area contributed by atoms with Crippen LogP contribution in [0.3, 0.4) is 0 Å². The molecule has 2 rings (SSSR count). The van der Waals surface area contributed by atoms with Gasteiger partial charge in [0.2, 0.25) is 5.91 Å². The van der Waals surface area contributed by atoms with Crippen LogP contribution in [0.5, 0.6) is 0 Å². The van der Waals surface area contributed by atoms with Crippen molar-refractivity contribution < 1.29 is 18.4 Å². The average molecular weight is 318 g/mol. The van der Waals surface area contributed by atoms with Crippen molar-refractivity contribution in [3.8, 4) is 0 Å². The van der Waals surface area contributed by atoms with Crippen LogP contribution >= 0.6 is 0 Å². The molecule has 1 aromatic heterocycles. The lowest BCUT2D eigenvalue weighted by atomic mass is 10.1. The second kappa shape index (κ2) is 6.64. The summed E-state index contributed by atoms with van der Waals surface area (Å²) in [6.45, 7) is 5.21. The second-order valence-electron chi connectivity index (χ2n) is 5.43. The predicted octanol–water partition coefficient (Wildman–Crippen LogP) is 3.05. The molecule has 2 aromatic rings. The first-order valence-corrected chi connectivity index (χ1v) is 7.17. The minimum atomic E-state index is -0.378. The van der Waals surface area contributed by atoms with E-state index in [0.717, 1.165) is 5.56 Å². The molecule has 6 heteroatoms. The monoisotopic (exact) mass is 318 g/mol. The normalized spacial score (nSPS) is 10.5. The molecule has 0 fully saturated rings. The molecule has 0 unspecified atom stereocenters. The van der Waals surface area contributed by atoms with Gasteiger partial charge >= 0.3 is 0 Å². The van der Waals surface area contributed by atoms with Gasteiger partial charge in [-0.3, -0.25) is 9.59 Å². The number of furan rings is 1. The zero-order chi connectivity index (χ0) is 17.1. The van der Waals surface area contributed by atoms with Crippen LogP contribution in [0.15, 0.2) is 28.7 Å². The standard InChI is InChI=1S/C17H19FN2O3/c1-10-11(2)23-12(3)16(10)17(22)20(4)9-15(21)19-14-7-5-13(18)6-8-14/h5-8H,9H2,1-4H3,(H,19,21). The number of carbonyl (C=O) groups excluding carboxylic acids is 2. The highest BCUT2D eigenvalue weighted by molar-refractivity contribution is 6.00. The van der Waals surface area contributed by atoms with Gasteiger partial charge in [0.1, 0.15) is 17.3 Å². The number of nitrogens with one attached hydrogen (secondary N) is 1. The number of hydrogen-bond donors (Lipinski definition) is 1. The topological polar surface area (TPSA) is 62.6 Å². The van der Waals surface area contributed by atoms with Gasteiger partial charge in [-0.1, -0.05) is 0 Å². The summed E-state index contributed by atoms with van der Waals surface area (Å²) in [5, 5.41) is 2.62. The molecule has 0 saturated heterocycles. The summed E-state index contributed by atoms with van der Waals surface area (Å²) < 4.78 is 18.3. The van der Waals surface area contributed by atoms with Gasteiger partial charge in [0.15, 0.2) is 0 Å². The Hall–Kier alpha value is -2.63. The van der Waals surface area contributed by atoms with E-state index in [9.17, 15) is 14.0 Å². The quantitative estimate of drug-likeness (QED) is 0.942. The molecule has 0 bridgehead atoms. The lowest BCUT2D eigenvalue weighted by Crippen LogP contribution is -2.35. The Labute approximate surface area is 134 Å². The Bertz CT molecular complexity index is 735. The van der Waals surface area contributed by atoms with Crippen LogP contribution in [0.2, 0.25) is 0 Å². The lowest BCUT2D eigenvalue weighted by Gasteiger charge is -2.17. The van der Waals surface area contributed by atoms with Crippen LogP contribution in [0, 0.1) is 26.6 Å². The summed E-state index contributed by atoms with van der Waals surface area (Å²) in [7, 11) is 1.55. The van der Waals surface area contributed by atoms with Gasteiger partial charge in [0.25, 0.3) is 5.91 Å². The van der Waals surface area contributed by atoms with Crippen LogP contribution < -0.4 is 5.32 Å². The number of nitrogens with zero attached hydrogens (tertiary/aromatic N) is 1. The van der Waals surface area contributed by atoms with E-state index in [0.29, 0.717) is 22.8 Å². The largest absolute Gasteiger partial charge is 0.466 e. The Kier molecular flexibility index (Phi) is 4.83. The van der Waals surface area contributed by atoms with Crippen LogP contribution in [0.1, 0.15) is 27.4 Å². The van der Waals surface area contributed by atoms with E-state index in [1.807, 2.05) is 6.92 Å². The Balaban J connectivity index is 2.03. The predicted molar refractivity (Wildman–Crippen MR) is 84.9 cm³/mol. The average Bonchev–Trinajstić information content (AvgIpc) is 2.73. The number of likely N-dealkylation sites (N-methyl/N-ethyl adjacent to an activating group) is 1. The Morgan fingerprint density at radius 3 is 2.26 bits per heavy atom. The summed E-state index contributed by atoms with van der Waals surface area (Å²) >= 11 is 0. The first-order chi connectivity index (χ1) is 10.8. The van der Waals surface area contributed by atoms with E-state index in [2.05, 4.69) is 5.32 Å². The minimum absolute atomic E-state index is 0.112. The van der Waals surface area contributed by atoms with E-state index < -0.39 is 0 Å². The highest BCUT2D eigenvalue weighted by atomic mass is 19.1. The first-order valence-electron chi connectivity index (χ1n) is 7.17. The van der Waals surface area contributed by atoms with E-state index in [1.165, 1.54) is 29.2 Å². The van der Waals surface area contributed by atoms with Crippen LogP contribution in [-0.4, -0.2) is 30.3 Å².